The van der Waals surface area contributed by atoms with Gasteiger partial charge in [0.05, 0.1) is 32.7 Å². The second-order valence-corrected chi connectivity index (χ2v) is 9.74. The number of pyridine rings is 1. The number of benzene rings is 2. The van der Waals surface area contributed by atoms with Crippen molar-refractivity contribution in [2.75, 3.05) is 33.2 Å². The van der Waals surface area contributed by atoms with Crippen LogP contribution in [0.5, 0.6) is 0 Å². The quantitative estimate of drug-likeness (QED) is 0.435. The van der Waals surface area contributed by atoms with Gasteiger partial charge in [-0.15, -0.1) is 0 Å². The van der Waals surface area contributed by atoms with E-state index in [0.717, 1.165) is 24.1 Å². The van der Waals surface area contributed by atoms with Crippen LogP contribution in [0.25, 0.3) is 0 Å². The highest BCUT2D eigenvalue weighted by Crippen LogP contribution is 2.37. The molecule has 0 saturated carbocycles. The molecule has 1 N–H and O–H groups in total. The number of urea groups is 1. The van der Waals surface area contributed by atoms with Crippen LogP contribution in [0.15, 0.2) is 72.9 Å². The number of hydrogen-bond donors (Lipinski definition) is 1. The zero-order valence-corrected chi connectivity index (χ0v) is 19.5. The SMILES string of the molecule is C[N+]1(CC(=O)c2ccccn2)CCC(N2CC(c3ccc(F)cc3)(c3ccc(F)cc3)NC2=O)C1. The predicted molar refractivity (Wildman–Crippen MR) is 127 cm³/mol. The lowest BCUT2D eigenvalue weighted by atomic mass is 9.83. The molecule has 0 radical (unpaired) electrons. The van der Waals surface area contributed by atoms with Crippen molar-refractivity contribution in [3.05, 3.63) is 101 Å². The van der Waals surface area contributed by atoms with E-state index in [4.69, 9.17) is 0 Å². The van der Waals surface area contributed by atoms with E-state index in [1.54, 1.807) is 48.7 Å². The van der Waals surface area contributed by atoms with Gasteiger partial charge in [-0.2, -0.15) is 0 Å². The Balaban J connectivity index is 1.39. The highest BCUT2D eigenvalue weighted by molar-refractivity contribution is 5.95. The van der Waals surface area contributed by atoms with Crippen LogP contribution in [0.2, 0.25) is 0 Å². The Morgan fingerprint density at radius 3 is 2.26 bits per heavy atom. The number of nitrogens with zero attached hydrogens (tertiary/aromatic N) is 3. The Hall–Kier alpha value is -3.65. The molecule has 0 spiro atoms. The van der Waals surface area contributed by atoms with Crippen molar-refractivity contribution in [1.29, 1.82) is 0 Å². The number of carbonyl (C=O) groups is 2. The van der Waals surface area contributed by atoms with Gasteiger partial charge in [-0.25, -0.2) is 13.6 Å². The average molecular weight is 478 g/mol. The molecule has 2 aromatic carbocycles. The molecule has 2 aliphatic rings. The first-order valence-corrected chi connectivity index (χ1v) is 11.7. The van der Waals surface area contributed by atoms with E-state index in [0.29, 0.717) is 29.8 Å². The van der Waals surface area contributed by atoms with E-state index in [1.165, 1.54) is 24.3 Å². The Kier molecular flexibility index (Phi) is 5.84. The number of halogens is 2. The molecule has 2 unspecified atom stereocenters. The number of ketones is 1. The van der Waals surface area contributed by atoms with Crippen LogP contribution < -0.4 is 5.32 Å². The molecule has 8 heteroatoms. The van der Waals surface area contributed by atoms with Crippen molar-refractivity contribution < 1.29 is 22.9 Å². The topological polar surface area (TPSA) is 62.3 Å². The summed E-state index contributed by atoms with van der Waals surface area (Å²) in [5, 5.41) is 3.12. The van der Waals surface area contributed by atoms with Crippen LogP contribution >= 0.6 is 0 Å². The minimum Gasteiger partial charge on any atom is -0.323 e. The highest BCUT2D eigenvalue weighted by Gasteiger charge is 2.50. The summed E-state index contributed by atoms with van der Waals surface area (Å²) in [7, 11) is 2.03. The Morgan fingerprint density at radius 1 is 1.06 bits per heavy atom. The summed E-state index contributed by atoms with van der Waals surface area (Å²) in [6.07, 6.45) is 2.36. The van der Waals surface area contributed by atoms with Gasteiger partial charge in [0.2, 0.25) is 5.78 Å². The van der Waals surface area contributed by atoms with Gasteiger partial charge in [-0.3, -0.25) is 9.78 Å². The molecule has 3 heterocycles. The molecule has 35 heavy (non-hydrogen) atoms. The second-order valence-electron chi connectivity index (χ2n) is 9.74. The molecule has 6 nitrogen and oxygen atoms in total. The standard InChI is InChI=1S/C27H26F2N4O2/c1-33(17-25(34)24-4-2-3-14-30-24)15-13-23(16-33)32-18-27(31-26(32)35,19-5-9-21(28)10-6-19)20-7-11-22(29)12-8-20/h2-12,14,23H,13,15-18H2,1H3/p+1. The van der Waals surface area contributed by atoms with Gasteiger partial charge >= 0.3 is 6.03 Å². The largest absolute Gasteiger partial charge is 0.323 e. The Bertz CT molecular complexity index is 1190. The lowest BCUT2D eigenvalue weighted by Gasteiger charge is -2.32. The van der Waals surface area contributed by atoms with E-state index in [-0.39, 0.29) is 29.5 Å². The minimum absolute atomic E-state index is 0.0217. The molecule has 0 bridgehead atoms. The van der Waals surface area contributed by atoms with Crippen LogP contribution in [-0.4, -0.2) is 65.4 Å². The molecular formula is C27H27F2N4O2+. The number of quaternary nitrogens is 1. The minimum atomic E-state index is -0.936. The van der Waals surface area contributed by atoms with E-state index in [2.05, 4.69) is 10.3 Å². The third kappa shape index (κ3) is 4.41. The summed E-state index contributed by atoms with van der Waals surface area (Å²) in [6.45, 7) is 2.02. The van der Waals surface area contributed by atoms with Crippen LogP contribution in [0.3, 0.4) is 0 Å². The molecule has 2 amide bonds. The second kappa shape index (κ2) is 8.85. The van der Waals surface area contributed by atoms with Gasteiger partial charge in [-0.05, 0) is 47.5 Å². The molecule has 180 valence electrons. The average Bonchev–Trinajstić information content (AvgIpc) is 3.41. The number of Topliss-reactive ketones (excluding diaryl/α,β-unsaturated/α-hetero) is 1. The fourth-order valence-electron chi connectivity index (χ4n) is 5.38. The highest BCUT2D eigenvalue weighted by atomic mass is 19.1. The van der Waals surface area contributed by atoms with Gasteiger partial charge in [-0.1, -0.05) is 30.3 Å². The van der Waals surface area contributed by atoms with Gasteiger partial charge in [0.1, 0.15) is 29.4 Å². The predicted octanol–water partition coefficient (Wildman–Crippen LogP) is 3.73. The molecule has 2 saturated heterocycles. The summed E-state index contributed by atoms with van der Waals surface area (Å²) in [4.78, 5) is 32.1. The van der Waals surface area contributed by atoms with Crippen molar-refractivity contribution in [3.8, 4) is 0 Å². The summed E-state index contributed by atoms with van der Waals surface area (Å²) < 4.78 is 27.9. The number of carbonyl (C=O) groups excluding carboxylic acids is 2. The normalized spacial score (nSPS) is 23.3. The Labute approximate surface area is 202 Å². The van der Waals surface area contributed by atoms with Gasteiger partial charge in [0.25, 0.3) is 0 Å². The maximum atomic E-state index is 13.7. The molecular weight excluding hydrogens is 450 g/mol. The van der Waals surface area contributed by atoms with E-state index in [9.17, 15) is 18.4 Å². The third-order valence-corrected chi connectivity index (χ3v) is 7.23. The van der Waals surface area contributed by atoms with Crippen LogP contribution in [-0.2, 0) is 5.54 Å². The van der Waals surface area contributed by atoms with Crippen LogP contribution in [0.4, 0.5) is 13.6 Å². The first kappa shape index (κ1) is 23.1. The Morgan fingerprint density at radius 2 is 1.69 bits per heavy atom. The summed E-state index contributed by atoms with van der Waals surface area (Å²) >= 11 is 0. The fourth-order valence-corrected chi connectivity index (χ4v) is 5.38. The number of hydrogen-bond acceptors (Lipinski definition) is 3. The number of nitrogens with one attached hydrogen (secondary N) is 1. The van der Waals surface area contributed by atoms with Crippen molar-refractivity contribution in [2.45, 2.75) is 18.0 Å². The number of amides is 2. The third-order valence-electron chi connectivity index (χ3n) is 7.23. The summed E-state index contributed by atoms with van der Waals surface area (Å²) in [6, 6.07) is 17.1. The van der Waals surface area contributed by atoms with Gasteiger partial charge in [0.15, 0.2) is 0 Å². The first-order chi connectivity index (χ1) is 16.8. The maximum absolute atomic E-state index is 13.7. The first-order valence-electron chi connectivity index (χ1n) is 11.7. The van der Waals surface area contributed by atoms with E-state index in [1.807, 2.05) is 11.9 Å². The summed E-state index contributed by atoms with van der Waals surface area (Å²) in [5.41, 5.74) is 0.957. The van der Waals surface area contributed by atoms with Crippen molar-refractivity contribution >= 4 is 11.8 Å². The van der Waals surface area contributed by atoms with Crippen LogP contribution in [0.1, 0.15) is 28.0 Å². The van der Waals surface area contributed by atoms with E-state index >= 15 is 0 Å². The van der Waals surface area contributed by atoms with Crippen LogP contribution in [0, 0.1) is 11.6 Å². The molecule has 2 atom stereocenters. The monoisotopic (exact) mass is 477 g/mol. The van der Waals surface area contributed by atoms with Gasteiger partial charge < -0.3 is 14.7 Å². The molecule has 2 fully saturated rings. The van der Waals surface area contributed by atoms with Gasteiger partial charge in [0, 0.05) is 12.6 Å². The number of rotatable bonds is 6. The van der Waals surface area contributed by atoms with E-state index < -0.39 is 5.54 Å². The number of likely N-dealkylation sites (N-methyl/N-ethyl adjacent to an activating group) is 1. The lowest BCUT2D eigenvalue weighted by Crippen LogP contribution is -2.49. The number of likely N-dealkylation sites (tertiary alicyclic amines) is 1. The van der Waals surface area contributed by atoms with Crippen molar-refractivity contribution in [1.82, 2.24) is 15.2 Å². The smallest absolute Gasteiger partial charge is 0.319 e. The zero-order chi connectivity index (χ0) is 24.6. The fraction of sp³-hybridized carbons (Fsp3) is 0.296. The zero-order valence-electron chi connectivity index (χ0n) is 19.5. The van der Waals surface area contributed by atoms with Crippen molar-refractivity contribution in [3.63, 3.8) is 0 Å². The maximum Gasteiger partial charge on any atom is 0.319 e. The van der Waals surface area contributed by atoms with Crippen molar-refractivity contribution in [2.24, 2.45) is 0 Å². The molecule has 0 aliphatic carbocycles. The molecule has 3 aromatic rings. The molecule has 2 aliphatic heterocycles. The molecule has 1 aromatic heterocycles. The number of aromatic nitrogens is 1. The lowest BCUT2D eigenvalue weighted by molar-refractivity contribution is -0.890. The summed E-state index contributed by atoms with van der Waals surface area (Å²) in [5.74, 6) is -0.761. The molecule has 5 rings (SSSR count).